The van der Waals surface area contributed by atoms with Crippen molar-refractivity contribution in [3.05, 3.63) is 11.6 Å². The number of carbonyl (C=O) groups is 1. The summed E-state index contributed by atoms with van der Waals surface area (Å²) in [6.45, 7) is 11.9. The van der Waals surface area contributed by atoms with E-state index in [0.717, 1.165) is 31.3 Å². The highest BCUT2D eigenvalue weighted by atomic mass is 16.2. The molecule has 1 saturated heterocycles. The van der Waals surface area contributed by atoms with Crippen molar-refractivity contribution in [2.75, 3.05) is 33.2 Å². The number of aryl methyl sites for hydroxylation is 1. The Labute approximate surface area is 168 Å². The molecule has 0 saturated carbocycles. The summed E-state index contributed by atoms with van der Waals surface area (Å²) >= 11 is 0. The van der Waals surface area contributed by atoms with Crippen LogP contribution in [0.3, 0.4) is 0 Å². The fourth-order valence-electron chi connectivity index (χ4n) is 3.39. The Kier molecular flexibility index (Phi) is 7.79. The van der Waals surface area contributed by atoms with Gasteiger partial charge in [-0.05, 0) is 46.7 Å². The van der Waals surface area contributed by atoms with Crippen molar-refractivity contribution in [3.8, 4) is 0 Å². The van der Waals surface area contributed by atoms with Gasteiger partial charge in [0.05, 0.1) is 5.41 Å². The maximum absolute atomic E-state index is 12.1. The first-order valence-electron chi connectivity index (χ1n) is 10.1. The van der Waals surface area contributed by atoms with Crippen LogP contribution in [0.25, 0.3) is 0 Å². The molecule has 1 aromatic heterocycles. The van der Waals surface area contributed by atoms with Gasteiger partial charge in [-0.3, -0.25) is 9.69 Å². The lowest BCUT2D eigenvalue weighted by Gasteiger charge is -2.26. The van der Waals surface area contributed by atoms with Gasteiger partial charge in [0.2, 0.25) is 5.91 Å². The number of aromatic nitrogens is 3. The molecule has 0 radical (unpaired) electrons. The highest BCUT2D eigenvalue weighted by Gasteiger charge is 2.27. The summed E-state index contributed by atoms with van der Waals surface area (Å²) in [5, 5.41) is 17.8. The minimum Gasteiger partial charge on any atom is -0.359 e. The summed E-state index contributed by atoms with van der Waals surface area (Å²) < 4.78 is 1.94. The molecule has 9 heteroatoms. The van der Waals surface area contributed by atoms with Gasteiger partial charge in [-0.25, -0.2) is 4.99 Å². The number of rotatable bonds is 8. The normalized spacial score (nSPS) is 18.4. The second kappa shape index (κ2) is 9.86. The molecular weight excluding hydrogens is 356 g/mol. The van der Waals surface area contributed by atoms with Gasteiger partial charge in [-0.15, -0.1) is 10.2 Å². The molecule has 2 heterocycles. The Morgan fingerprint density at radius 2 is 2.07 bits per heavy atom. The molecule has 1 aromatic rings. The predicted octanol–water partition coefficient (Wildman–Crippen LogP) is 0.415. The molecule has 3 N–H and O–H groups in total. The highest BCUT2D eigenvalue weighted by Crippen LogP contribution is 2.16. The second-order valence-electron chi connectivity index (χ2n) is 8.01. The number of hydrogen-bond acceptors (Lipinski definition) is 5. The smallest absolute Gasteiger partial charge is 0.227 e. The van der Waals surface area contributed by atoms with Crippen molar-refractivity contribution in [1.82, 2.24) is 35.6 Å². The fraction of sp³-hybridized carbons (Fsp3) is 0.789. The van der Waals surface area contributed by atoms with E-state index in [0.29, 0.717) is 25.1 Å². The molecular formula is C19H36N8O. The van der Waals surface area contributed by atoms with E-state index in [1.807, 2.05) is 32.4 Å². The van der Waals surface area contributed by atoms with Gasteiger partial charge in [0.15, 0.2) is 11.8 Å². The summed E-state index contributed by atoms with van der Waals surface area (Å²) in [7, 11) is 3.60. The third-order valence-electron chi connectivity index (χ3n) is 5.51. The van der Waals surface area contributed by atoms with Crippen molar-refractivity contribution >= 4 is 11.9 Å². The number of likely N-dealkylation sites (N-methyl/N-ethyl adjacent to an activating group) is 1. The van der Waals surface area contributed by atoms with Gasteiger partial charge in [-0.2, -0.15) is 0 Å². The molecule has 1 amide bonds. The molecule has 1 aliphatic rings. The third kappa shape index (κ3) is 5.67. The van der Waals surface area contributed by atoms with Crippen LogP contribution in [-0.4, -0.2) is 70.8 Å². The molecule has 0 aromatic carbocycles. The monoisotopic (exact) mass is 392 g/mol. The molecule has 0 aliphatic carbocycles. The fourth-order valence-corrected chi connectivity index (χ4v) is 3.39. The number of nitrogens with one attached hydrogen (secondary N) is 3. The lowest BCUT2D eigenvalue weighted by Crippen LogP contribution is -2.49. The lowest BCUT2D eigenvalue weighted by molar-refractivity contribution is -0.128. The number of guanidine groups is 1. The van der Waals surface area contributed by atoms with Gasteiger partial charge in [0.25, 0.3) is 0 Å². The maximum Gasteiger partial charge on any atom is 0.227 e. The number of hydrogen-bond donors (Lipinski definition) is 3. The first-order chi connectivity index (χ1) is 13.3. The van der Waals surface area contributed by atoms with Crippen LogP contribution in [0.1, 0.15) is 45.3 Å². The van der Waals surface area contributed by atoms with Crippen molar-refractivity contribution in [3.63, 3.8) is 0 Å². The number of likely N-dealkylation sites (tertiary alicyclic amines) is 1. The molecule has 0 spiro atoms. The summed E-state index contributed by atoms with van der Waals surface area (Å²) in [5.74, 6) is 2.36. The molecule has 2 rings (SSSR count). The first-order valence-corrected chi connectivity index (χ1v) is 10.1. The van der Waals surface area contributed by atoms with Crippen molar-refractivity contribution in [2.24, 2.45) is 17.5 Å². The van der Waals surface area contributed by atoms with Crippen LogP contribution in [0, 0.1) is 12.3 Å². The zero-order valence-electron chi connectivity index (χ0n) is 18.2. The van der Waals surface area contributed by atoms with Crippen LogP contribution < -0.4 is 16.0 Å². The number of aliphatic imine (C=N–C) groups is 1. The van der Waals surface area contributed by atoms with Crippen molar-refractivity contribution in [1.29, 1.82) is 0 Å². The van der Waals surface area contributed by atoms with Gasteiger partial charge >= 0.3 is 0 Å². The van der Waals surface area contributed by atoms with Crippen LogP contribution in [0.4, 0.5) is 0 Å². The number of amides is 1. The zero-order chi connectivity index (χ0) is 20.7. The van der Waals surface area contributed by atoms with E-state index < -0.39 is 5.41 Å². The molecule has 1 atom stereocenters. The first kappa shape index (κ1) is 22.1. The minimum atomic E-state index is -0.540. The van der Waals surface area contributed by atoms with Crippen LogP contribution in [0.5, 0.6) is 0 Å². The Balaban J connectivity index is 2.04. The van der Waals surface area contributed by atoms with Crippen molar-refractivity contribution < 1.29 is 4.79 Å². The zero-order valence-corrected chi connectivity index (χ0v) is 18.2. The SMILES string of the molecule is CCN1CCCC1CNC(=NCc1nnc(C)n1C)NCC(C)(C)C(=O)NC. The van der Waals surface area contributed by atoms with E-state index in [9.17, 15) is 4.79 Å². The van der Waals surface area contributed by atoms with Gasteiger partial charge in [0.1, 0.15) is 12.4 Å². The molecule has 0 bridgehead atoms. The van der Waals surface area contributed by atoms with Gasteiger partial charge in [-0.1, -0.05) is 6.92 Å². The maximum atomic E-state index is 12.1. The quantitative estimate of drug-likeness (QED) is 0.438. The average molecular weight is 393 g/mol. The van der Waals surface area contributed by atoms with Crippen molar-refractivity contribution in [2.45, 2.75) is 53.1 Å². The highest BCUT2D eigenvalue weighted by molar-refractivity contribution is 5.84. The molecule has 1 aliphatic heterocycles. The molecule has 158 valence electrons. The Morgan fingerprint density at radius 1 is 1.32 bits per heavy atom. The molecule has 28 heavy (non-hydrogen) atoms. The molecule has 1 unspecified atom stereocenters. The Morgan fingerprint density at radius 3 is 2.68 bits per heavy atom. The van der Waals surface area contributed by atoms with Crippen LogP contribution >= 0.6 is 0 Å². The van der Waals surface area contributed by atoms with E-state index >= 15 is 0 Å². The Bertz CT molecular complexity index is 681. The average Bonchev–Trinajstić information content (AvgIpc) is 3.27. The minimum absolute atomic E-state index is 0.00349. The largest absolute Gasteiger partial charge is 0.359 e. The van der Waals surface area contributed by atoms with Gasteiger partial charge in [0, 0.05) is 33.2 Å². The summed E-state index contributed by atoms with van der Waals surface area (Å²) in [6, 6.07) is 0.515. The van der Waals surface area contributed by atoms with E-state index in [-0.39, 0.29) is 5.91 Å². The second-order valence-corrected chi connectivity index (χ2v) is 8.01. The van der Waals surface area contributed by atoms with E-state index in [2.05, 4.69) is 43.0 Å². The third-order valence-corrected chi connectivity index (χ3v) is 5.51. The molecule has 1 fully saturated rings. The Hall–Kier alpha value is -2.16. The van der Waals surface area contributed by atoms with Crippen LogP contribution in [-0.2, 0) is 18.4 Å². The number of nitrogens with zero attached hydrogens (tertiary/aromatic N) is 5. The standard InChI is InChI=1S/C19H36N8O/c1-7-27-10-8-9-15(27)11-21-18(23-13-19(3,4)17(28)20-5)22-12-16-25-24-14(2)26(16)6/h15H,7-13H2,1-6H3,(H,20,28)(H2,21,22,23). The van der Waals surface area contributed by atoms with E-state index in [4.69, 9.17) is 0 Å². The van der Waals surface area contributed by atoms with E-state index in [1.54, 1.807) is 7.05 Å². The van der Waals surface area contributed by atoms with Gasteiger partial charge < -0.3 is 20.5 Å². The van der Waals surface area contributed by atoms with Crippen LogP contribution in [0.15, 0.2) is 4.99 Å². The topological polar surface area (TPSA) is 99.5 Å². The summed E-state index contributed by atoms with van der Waals surface area (Å²) in [5.41, 5.74) is -0.540. The summed E-state index contributed by atoms with van der Waals surface area (Å²) in [4.78, 5) is 19.3. The predicted molar refractivity (Wildman–Crippen MR) is 111 cm³/mol. The molecule has 9 nitrogen and oxygen atoms in total. The lowest BCUT2D eigenvalue weighted by atomic mass is 9.92. The number of carbonyl (C=O) groups excluding carboxylic acids is 1. The summed E-state index contributed by atoms with van der Waals surface area (Å²) in [6.07, 6.45) is 2.43. The van der Waals surface area contributed by atoms with E-state index in [1.165, 1.54) is 12.8 Å². The van der Waals surface area contributed by atoms with Crippen LogP contribution in [0.2, 0.25) is 0 Å².